The lowest BCUT2D eigenvalue weighted by Crippen LogP contribution is -2.23. The van der Waals surface area contributed by atoms with Crippen LogP contribution in [-0.2, 0) is 0 Å². The van der Waals surface area contributed by atoms with Gasteiger partial charge in [0.2, 0.25) is 0 Å². The summed E-state index contributed by atoms with van der Waals surface area (Å²) in [6.07, 6.45) is 6.26. The molecule has 2 aromatic heterocycles. The third-order valence-corrected chi connectivity index (χ3v) is 3.02. The lowest BCUT2D eigenvalue weighted by molar-refractivity contribution is 0.554. The van der Waals surface area contributed by atoms with Gasteiger partial charge in [-0.15, -0.1) is 0 Å². The third-order valence-electron chi connectivity index (χ3n) is 2.58. The number of aromatic nitrogens is 2. The Bertz CT molecular complexity index is 533. The molecule has 0 bridgehead atoms. The zero-order valence-electron chi connectivity index (χ0n) is 9.90. The van der Waals surface area contributed by atoms with Crippen molar-refractivity contribution in [3.05, 3.63) is 58.3 Å². The van der Waals surface area contributed by atoms with Gasteiger partial charge in [-0.05, 0) is 40.2 Å². The summed E-state index contributed by atoms with van der Waals surface area (Å²) in [6, 6.07) is 3.40. The number of halogens is 2. The second-order valence-corrected chi connectivity index (χ2v) is 4.74. The molecule has 0 aliphatic heterocycles. The van der Waals surface area contributed by atoms with E-state index in [1.807, 2.05) is 13.0 Å². The van der Waals surface area contributed by atoms with Gasteiger partial charge in [0.25, 0.3) is 0 Å². The van der Waals surface area contributed by atoms with Crippen molar-refractivity contribution < 1.29 is 4.39 Å². The average molecular weight is 310 g/mol. The Labute approximate surface area is 114 Å². The molecule has 0 aromatic carbocycles. The molecule has 0 saturated carbocycles. The fraction of sp³-hybridized carbons (Fsp3) is 0.231. The van der Waals surface area contributed by atoms with E-state index in [4.69, 9.17) is 0 Å². The first kappa shape index (κ1) is 13.1. The number of pyridine rings is 2. The van der Waals surface area contributed by atoms with Gasteiger partial charge in [-0.3, -0.25) is 9.97 Å². The molecule has 0 spiro atoms. The maximum Gasteiger partial charge on any atom is 0.146 e. The van der Waals surface area contributed by atoms with E-state index < -0.39 is 0 Å². The molecule has 0 radical (unpaired) electrons. The molecule has 18 heavy (non-hydrogen) atoms. The van der Waals surface area contributed by atoms with Crippen LogP contribution in [0.2, 0.25) is 0 Å². The van der Waals surface area contributed by atoms with Gasteiger partial charge >= 0.3 is 0 Å². The van der Waals surface area contributed by atoms with Crippen LogP contribution in [0, 0.1) is 5.82 Å². The Morgan fingerprint density at radius 1 is 1.33 bits per heavy atom. The van der Waals surface area contributed by atoms with Gasteiger partial charge in [0.05, 0.1) is 12.2 Å². The smallest absolute Gasteiger partial charge is 0.146 e. The molecular formula is C13H13BrFN3. The van der Waals surface area contributed by atoms with Crippen molar-refractivity contribution in [2.24, 2.45) is 0 Å². The molecule has 0 aliphatic rings. The Balaban J connectivity index is 2.43. The van der Waals surface area contributed by atoms with Gasteiger partial charge in [0.15, 0.2) is 0 Å². The average Bonchev–Trinajstić information content (AvgIpc) is 2.37. The van der Waals surface area contributed by atoms with Crippen molar-refractivity contribution in [2.75, 3.05) is 6.54 Å². The molecule has 1 unspecified atom stereocenters. The van der Waals surface area contributed by atoms with Gasteiger partial charge in [0.1, 0.15) is 5.82 Å². The van der Waals surface area contributed by atoms with Crippen molar-refractivity contribution in [3.8, 4) is 0 Å². The van der Waals surface area contributed by atoms with Crippen molar-refractivity contribution in [3.63, 3.8) is 0 Å². The SMILES string of the molecule is CCNC(c1cncc(Br)c1)c1ccncc1F. The maximum atomic E-state index is 13.8. The molecule has 2 aromatic rings. The summed E-state index contributed by atoms with van der Waals surface area (Å²) in [5.74, 6) is -0.316. The van der Waals surface area contributed by atoms with Crippen LogP contribution in [0.3, 0.4) is 0 Å². The van der Waals surface area contributed by atoms with Crippen molar-refractivity contribution >= 4 is 15.9 Å². The normalized spacial score (nSPS) is 12.4. The van der Waals surface area contributed by atoms with E-state index in [1.165, 1.54) is 6.20 Å². The van der Waals surface area contributed by atoms with Crippen LogP contribution in [0.4, 0.5) is 4.39 Å². The quantitative estimate of drug-likeness (QED) is 0.943. The van der Waals surface area contributed by atoms with Crippen LogP contribution in [-0.4, -0.2) is 16.5 Å². The minimum atomic E-state index is -0.316. The van der Waals surface area contributed by atoms with Gasteiger partial charge in [-0.25, -0.2) is 4.39 Å². The Hall–Kier alpha value is -1.33. The maximum absolute atomic E-state index is 13.8. The highest BCUT2D eigenvalue weighted by Crippen LogP contribution is 2.25. The van der Waals surface area contributed by atoms with Crippen LogP contribution in [0.25, 0.3) is 0 Å². The van der Waals surface area contributed by atoms with E-state index in [1.54, 1.807) is 24.7 Å². The monoisotopic (exact) mass is 309 g/mol. The topological polar surface area (TPSA) is 37.8 Å². The van der Waals surface area contributed by atoms with Crippen molar-refractivity contribution in [1.82, 2.24) is 15.3 Å². The molecule has 1 N–H and O–H groups in total. The first-order valence-electron chi connectivity index (χ1n) is 5.65. The summed E-state index contributed by atoms with van der Waals surface area (Å²) in [6.45, 7) is 2.72. The van der Waals surface area contributed by atoms with Crippen LogP contribution in [0.5, 0.6) is 0 Å². The van der Waals surface area contributed by atoms with Crippen LogP contribution >= 0.6 is 15.9 Å². The minimum absolute atomic E-state index is 0.219. The lowest BCUT2D eigenvalue weighted by Gasteiger charge is -2.19. The first-order chi connectivity index (χ1) is 8.72. The molecule has 3 nitrogen and oxygen atoms in total. The van der Waals surface area contributed by atoms with Crippen LogP contribution < -0.4 is 5.32 Å². The fourth-order valence-corrected chi connectivity index (χ4v) is 2.20. The number of hydrogen-bond donors (Lipinski definition) is 1. The molecule has 0 aliphatic carbocycles. The summed E-state index contributed by atoms with van der Waals surface area (Å²) in [5, 5.41) is 3.25. The predicted octanol–water partition coefficient (Wildman–Crippen LogP) is 3.08. The Kier molecular flexibility index (Phi) is 4.38. The number of nitrogens with zero attached hydrogens (tertiary/aromatic N) is 2. The number of nitrogens with one attached hydrogen (secondary N) is 1. The van der Waals surface area contributed by atoms with Gasteiger partial charge in [-0.2, -0.15) is 0 Å². The van der Waals surface area contributed by atoms with Crippen LogP contribution in [0.15, 0.2) is 41.4 Å². The van der Waals surface area contributed by atoms with E-state index in [0.717, 1.165) is 16.6 Å². The summed E-state index contributed by atoms with van der Waals surface area (Å²) in [7, 11) is 0. The third kappa shape index (κ3) is 2.91. The molecule has 0 fully saturated rings. The van der Waals surface area contributed by atoms with E-state index in [0.29, 0.717) is 5.56 Å². The molecule has 94 valence electrons. The zero-order chi connectivity index (χ0) is 13.0. The molecule has 1 atom stereocenters. The van der Waals surface area contributed by atoms with E-state index in [2.05, 4.69) is 31.2 Å². The first-order valence-corrected chi connectivity index (χ1v) is 6.45. The summed E-state index contributed by atoms with van der Waals surface area (Å²) in [4.78, 5) is 7.89. The second-order valence-electron chi connectivity index (χ2n) is 3.82. The Morgan fingerprint density at radius 2 is 2.17 bits per heavy atom. The predicted molar refractivity (Wildman–Crippen MR) is 71.7 cm³/mol. The highest BCUT2D eigenvalue weighted by atomic mass is 79.9. The molecule has 5 heteroatoms. The molecular weight excluding hydrogens is 297 g/mol. The largest absolute Gasteiger partial charge is 0.306 e. The highest BCUT2D eigenvalue weighted by Gasteiger charge is 2.17. The standard InChI is InChI=1S/C13H13BrFN3/c1-2-18-13(9-5-10(14)7-17-6-9)11-3-4-16-8-12(11)15/h3-8,13,18H,2H2,1H3. The van der Waals surface area contributed by atoms with Crippen LogP contribution in [0.1, 0.15) is 24.1 Å². The summed E-state index contributed by atoms with van der Waals surface area (Å²) < 4.78 is 14.7. The molecule has 0 saturated heterocycles. The van der Waals surface area contributed by atoms with Gasteiger partial charge in [0, 0.05) is 28.6 Å². The molecule has 2 heterocycles. The highest BCUT2D eigenvalue weighted by molar-refractivity contribution is 9.10. The number of hydrogen-bond acceptors (Lipinski definition) is 3. The molecule has 0 amide bonds. The Morgan fingerprint density at radius 3 is 2.83 bits per heavy atom. The van der Waals surface area contributed by atoms with E-state index in [9.17, 15) is 4.39 Å². The van der Waals surface area contributed by atoms with Gasteiger partial charge in [-0.1, -0.05) is 6.92 Å². The summed E-state index contributed by atoms with van der Waals surface area (Å²) in [5.41, 5.74) is 1.49. The van der Waals surface area contributed by atoms with E-state index >= 15 is 0 Å². The number of rotatable bonds is 4. The zero-order valence-corrected chi connectivity index (χ0v) is 11.5. The van der Waals surface area contributed by atoms with Gasteiger partial charge < -0.3 is 5.32 Å². The lowest BCUT2D eigenvalue weighted by atomic mass is 10.0. The van der Waals surface area contributed by atoms with E-state index in [-0.39, 0.29) is 11.9 Å². The van der Waals surface area contributed by atoms with Crippen molar-refractivity contribution in [1.29, 1.82) is 0 Å². The fourth-order valence-electron chi connectivity index (χ4n) is 1.82. The molecule has 2 rings (SSSR count). The second kappa shape index (κ2) is 6.02. The summed E-state index contributed by atoms with van der Waals surface area (Å²) >= 11 is 3.38. The minimum Gasteiger partial charge on any atom is -0.306 e. The van der Waals surface area contributed by atoms with Crippen molar-refractivity contribution in [2.45, 2.75) is 13.0 Å².